The largest absolute Gasteiger partial charge is 0.496 e. The minimum Gasteiger partial charge on any atom is -0.496 e. The first-order chi connectivity index (χ1) is 7.93. The lowest BCUT2D eigenvalue weighted by Gasteiger charge is -2.26. The van der Waals surface area contributed by atoms with Crippen LogP contribution in [-0.4, -0.2) is 19.6 Å². The highest BCUT2D eigenvalue weighted by Crippen LogP contribution is 2.34. The molecule has 92 valence electrons. The summed E-state index contributed by atoms with van der Waals surface area (Å²) in [6.45, 7) is 7.08. The summed E-state index contributed by atoms with van der Waals surface area (Å²) >= 11 is 0. The fraction of sp³-hybridized carbons (Fsp3) is 0.500. The number of ether oxygens (including phenoxy) is 1. The molecule has 1 aromatic rings. The van der Waals surface area contributed by atoms with E-state index in [0.29, 0.717) is 6.54 Å². The first-order valence-corrected chi connectivity index (χ1v) is 5.93. The molecule has 0 aliphatic carbocycles. The molecule has 1 aliphatic rings. The van der Waals surface area contributed by atoms with Crippen LogP contribution < -0.4 is 10.1 Å². The van der Waals surface area contributed by atoms with Gasteiger partial charge in [0.15, 0.2) is 0 Å². The average Bonchev–Trinajstić information content (AvgIpc) is 2.26. The Bertz CT molecular complexity index is 458. The summed E-state index contributed by atoms with van der Waals surface area (Å²) in [6.07, 6.45) is 0.877. The zero-order valence-corrected chi connectivity index (χ0v) is 10.9. The second-order valence-corrected chi connectivity index (χ2v) is 5.47. The van der Waals surface area contributed by atoms with Gasteiger partial charge < -0.3 is 10.1 Å². The van der Waals surface area contributed by atoms with Crippen molar-refractivity contribution < 1.29 is 9.53 Å². The highest BCUT2D eigenvalue weighted by molar-refractivity contribution is 5.97. The predicted octanol–water partition coefficient (Wildman–Crippen LogP) is 2.28. The van der Waals surface area contributed by atoms with Crippen LogP contribution in [0.3, 0.4) is 0 Å². The van der Waals surface area contributed by atoms with Gasteiger partial charge in [0, 0.05) is 17.7 Å². The SMILES string of the molecule is COc1cc2c(cc1C(C)(C)C)C(=O)NCC2. The van der Waals surface area contributed by atoms with E-state index in [1.165, 1.54) is 0 Å². The number of hydrogen-bond acceptors (Lipinski definition) is 2. The number of carbonyl (C=O) groups is 1. The van der Waals surface area contributed by atoms with Gasteiger partial charge in [0.25, 0.3) is 5.91 Å². The molecule has 0 radical (unpaired) electrons. The molecular weight excluding hydrogens is 214 g/mol. The molecule has 1 amide bonds. The first kappa shape index (κ1) is 12.0. The topological polar surface area (TPSA) is 38.3 Å². The van der Waals surface area contributed by atoms with Gasteiger partial charge in [-0.2, -0.15) is 0 Å². The molecule has 3 nitrogen and oxygen atoms in total. The lowest BCUT2D eigenvalue weighted by molar-refractivity contribution is 0.0946. The van der Waals surface area contributed by atoms with Crippen molar-refractivity contribution in [2.45, 2.75) is 32.6 Å². The van der Waals surface area contributed by atoms with Crippen LogP contribution in [0.1, 0.15) is 42.3 Å². The van der Waals surface area contributed by atoms with Gasteiger partial charge in [-0.25, -0.2) is 0 Å². The smallest absolute Gasteiger partial charge is 0.251 e. The van der Waals surface area contributed by atoms with E-state index < -0.39 is 0 Å². The third-order valence-electron chi connectivity index (χ3n) is 3.16. The Hall–Kier alpha value is -1.51. The van der Waals surface area contributed by atoms with Crippen molar-refractivity contribution in [1.29, 1.82) is 0 Å². The highest BCUT2D eigenvalue weighted by Gasteiger charge is 2.25. The number of rotatable bonds is 1. The molecule has 0 aromatic heterocycles. The predicted molar refractivity (Wildman–Crippen MR) is 67.7 cm³/mol. The minimum atomic E-state index is -0.0297. The molecule has 2 rings (SSSR count). The summed E-state index contributed by atoms with van der Waals surface area (Å²) in [5.41, 5.74) is 2.93. The Morgan fingerprint density at radius 3 is 2.59 bits per heavy atom. The van der Waals surface area contributed by atoms with E-state index in [9.17, 15) is 4.79 Å². The van der Waals surface area contributed by atoms with E-state index in [2.05, 4.69) is 26.1 Å². The Morgan fingerprint density at radius 1 is 1.29 bits per heavy atom. The first-order valence-electron chi connectivity index (χ1n) is 5.93. The molecule has 1 aliphatic heterocycles. The van der Waals surface area contributed by atoms with Gasteiger partial charge in [-0.1, -0.05) is 20.8 Å². The summed E-state index contributed by atoms with van der Waals surface area (Å²) in [5, 5.41) is 2.87. The second kappa shape index (κ2) is 4.06. The van der Waals surface area contributed by atoms with Crippen LogP contribution in [0, 0.1) is 0 Å². The Balaban J connectivity index is 2.60. The highest BCUT2D eigenvalue weighted by atomic mass is 16.5. The number of fused-ring (bicyclic) bond motifs is 1. The summed E-state index contributed by atoms with van der Waals surface area (Å²) in [5.74, 6) is 0.908. The van der Waals surface area contributed by atoms with E-state index in [1.807, 2.05) is 12.1 Å². The molecule has 3 heteroatoms. The molecule has 1 heterocycles. The van der Waals surface area contributed by atoms with Crippen LogP contribution in [0.25, 0.3) is 0 Å². The molecule has 0 atom stereocenters. The van der Waals surface area contributed by atoms with Crippen LogP contribution in [0.5, 0.6) is 5.75 Å². The molecule has 17 heavy (non-hydrogen) atoms. The zero-order valence-electron chi connectivity index (χ0n) is 10.9. The van der Waals surface area contributed by atoms with E-state index >= 15 is 0 Å². The van der Waals surface area contributed by atoms with E-state index in [0.717, 1.165) is 28.9 Å². The fourth-order valence-electron chi connectivity index (χ4n) is 2.20. The fourth-order valence-corrected chi connectivity index (χ4v) is 2.20. The zero-order chi connectivity index (χ0) is 12.6. The van der Waals surface area contributed by atoms with Crippen LogP contribution in [0.15, 0.2) is 12.1 Å². The molecule has 0 bridgehead atoms. The van der Waals surface area contributed by atoms with Gasteiger partial charge in [0.2, 0.25) is 0 Å². The van der Waals surface area contributed by atoms with E-state index in [-0.39, 0.29) is 11.3 Å². The number of amides is 1. The molecule has 1 aromatic carbocycles. The van der Waals surface area contributed by atoms with Gasteiger partial charge in [-0.3, -0.25) is 4.79 Å². The second-order valence-electron chi connectivity index (χ2n) is 5.47. The quantitative estimate of drug-likeness (QED) is 0.808. The van der Waals surface area contributed by atoms with E-state index in [4.69, 9.17) is 4.74 Å². The number of nitrogens with one attached hydrogen (secondary N) is 1. The lowest BCUT2D eigenvalue weighted by atomic mass is 9.83. The number of hydrogen-bond donors (Lipinski definition) is 1. The maximum Gasteiger partial charge on any atom is 0.251 e. The molecule has 0 saturated carbocycles. The third-order valence-corrected chi connectivity index (χ3v) is 3.16. The van der Waals surface area contributed by atoms with Crippen molar-refractivity contribution in [2.75, 3.05) is 13.7 Å². The Morgan fingerprint density at radius 2 is 2.00 bits per heavy atom. The van der Waals surface area contributed by atoms with Crippen molar-refractivity contribution >= 4 is 5.91 Å². The van der Waals surface area contributed by atoms with Crippen molar-refractivity contribution in [3.05, 3.63) is 28.8 Å². The molecule has 0 unspecified atom stereocenters. The van der Waals surface area contributed by atoms with E-state index in [1.54, 1.807) is 7.11 Å². The lowest BCUT2D eigenvalue weighted by Crippen LogP contribution is -2.32. The monoisotopic (exact) mass is 233 g/mol. The molecule has 0 spiro atoms. The van der Waals surface area contributed by atoms with Crippen LogP contribution in [-0.2, 0) is 11.8 Å². The van der Waals surface area contributed by atoms with Gasteiger partial charge in [-0.05, 0) is 29.5 Å². The third kappa shape index (κ3) is 2.14. The molecule has 0 saturated heterocycles. The number of benzene rings is 1. The van der Waals surface area contributed by atoms with Gasteiger partial charge >= 0.3 is 0 Å². The van der Waals surface area contributed by atoms with Crippen LogP contribution in [0.4, 0.5) is 0 Å². The summed E-state index contributed by atoms with van der Waals surface area (Å²) < 4.78 is 5.44. The van der Waals surface area contributed by atoms with Crippen molar-refractivity contribution in [1.82, 2.24) is 5.32 Å². The Labute approximate surface area is 102 Å². The number of carbonyl (C=O) groups excluding carboxylic acids is 1. The summed E-state index contributed by atoms with van der Waals surface area (Å²) in [7, 11) is 1.68. The maximum absolute atomic E-state index is 11.8. The van der Waals surface area contributed by atoms with Gasteiger partial charge in [-0.15, -0.1) is 0 Å². The average molecular weight is 233 g/mol. The number of methoxy groups -OCH3 is 1. The molecular formula is C14H19NO2. The molecule has 0 fully saturated rings. The maximum atomic E-state index is 11.8. The minimum absolute atomic E-state index is 0.0272. The Kier molecular flexibility index (Phi) is 2.86. The summed E-state index contributed by atoms with van der Waals surface area (Å²) in [6, 6.07) is 3.98. The molecule has 1 N–H and O–H groups in total. The standard InChI is InChI=1S/C14H19NO2/c1-14(2,3)11-8-10-9(7-12(11)17-4)5-6-15-13(10)16/h7-8H,5-6H2,1-4H3,(H,15,16). The van der Waals surface area contributed by atoms with Crippen molar-refractivity contribution in [2.24, 2.45) is 0 Å². The van der Waals surface area contributed by atoms with Crippen LogP contribution >= 0.6 is 0 Å². The van der Waals surface area contributed by atoms with Gasteiger partial charge in [0.1, 0.15) is 5.75 Å². The van der Waals surface area contributed by atoms with Crippen molar-refractivity contribution in [3.63, 3.8) is 0 Å². The van der Waals surface area contributed by atoms with Crippen molar-refractivity contribution in [3.8, 4) is 5.75 Å². The normalized spacial score (nSPS) is 15.2. The van der Waals surface area contributed by atoms with Gasteiger partial charge in [0.05, 0.1) is 7.11 Å². The van der Waals surface area contributed by atoms with Crippen LogP contribution in [0.2, 0.25) is 0 Å². The summed E-state index contributed by atoms with van der Waals surface area (Å²) in [4.78, 5) is 11.8.